The highest BCUT2D eigenvalue weighted by molar-refractivity contribution is 5.84. The van der Waals surface area contributed by atoms with Crippen molar-refractivity contribution in [1.82, 2.24) is 4.98 Å². The lowest BCUT2D eigenvalue weighted by atomic mass is 10.0. The van der Waals surface area contributed by atoms with Crippen LogP contribution >= 0.6 is 0 Å². The Morgan fingerprint density at radius 1 is 1.14 bits per heavy atom. The Bertz CT molecular complexity index is 875. The van der Waals surface area contributed by atoms with Gasteiger partial charge in [0.25, 0.3) is 0 Å². The number of oxazole rings is 1. The van der Waals surface area contributed by atoms with Gasteiger partial charge in [-0.2, -0.15) is 0 Å². The van der Waals surface area contributed by atoms with Crippen molar-refractivity contribution in [2.75, 3.05) is 7.11 Å². The first-order valence-corrected chi connectivity index (χ1v) is 6.90. The average Bonchev–Trinajstić information content (AvgIpc) is 2.86. The molecule has 1 N–H and O–H groups in total. The Morgan fingerprint density at radius 2 is 1.91 bits per heavy atom. The van der Waals surface area contributed by atoms with Crippen LogP contribution in [-0.4, -0.2) is 17.9 Å². The van der Waals surface area contributed by atoms with Gasteiger partial charge < -0.3 is 9.15 Å². The number of methoxy groups -OCH3 is 1. The Morgan fingerprint density at radius 3 is 2.68 bits per heavy atom. The van der Waals surface area contributed by atoms with Crippen LogP contribution in [-0.2, 0) is 17.6 Å². The molecule has 3 rings (SSSR count). The maximum atomic E-state index is 12.2. The summed E-state index contributed by atoms with van der Waals surface area (Å²) in [6.07, 6.45) is 0.633. The summed E-state index contributed by atoms with van der Waals surface area (Å²) < 4.78 is 10.1. The zero-order chi connectivity index (χ0) is 15.5. The maximum Gasteiger partial charge on any atom is 0.417 e. The minimum atomic E-state index is -0.491. The van der Waals surface area contributed by atoms with Gasteiger partial charge >= 0.3 is 5.76 Å². The van der Waals surface area contributed by atoms with E-state index in [4.69, 9.17) is 9.15 Å². The van der Waals surface area contributed by atoms with Crippen LogP contribution in [0.1, 0.15) is 11.1 Å². The van der Waals surface area contributed by atoms with Crippen molar-refractivity contribution in [1.29, 1.82) is 0 Å². The molecule has 0 aliphatic carbocycles. The molecule has 0 bridgehead atoms. The molecule has 0 saturated heterocycles. The zero-order valence-electron chi connectivity index (χ0n) is 12.1. The molecule has 1 heterocycles. The number of ether oxygens (including phenoxy) is 1. The van der Waals surface area contributed by atoms with Gasteiger partial charge in [0.1, 0.15) is 11.5 Å². The van der Waals surface area contributed by atoms with E-state index in [0.717, 1.165) is 16.9 Å². The third kappa shape index (κ3) is 3.09. The van der Waals surface area contributed by atoms with Crippen LogP contribution < -0.4 is 10.5 Å². The van der Waals surface area contributed by atoms with Gasteiger partial charge in [0.15, 0.2) is 5.58 Å². The highest BCUT2D eigenvalue weighted by Crippen LogP contribution is 2.16. The van der Waals surface area contributed by atoms with Crippen molar-refractivity contribution in [2.45, 2.75) is 12.8 Å². The van der Waals surface area contributed by atoms with Crippen molar-refractivity contribution in [3.05, 3.63) is 64.1 Å². The first-order valence-electron chi connectivity index (χ1n) is 6.90. The molecule has 0 unspecified atom stereocenters. The van der Waals surface area contributed by atoms with Gasteiger partial charge in [0.2, 0.25) is 0 Å². The number of aromatic nitrogens is 1. The fourth-order valence-electron chi connectivity index (χ4n) is 2.40. The average molecular weight is 297 g/mol. The van der Waals surface area contributed by atoms with Crippen LogP contribution in [0.25, 0.3) is 11.1 Å². The number of carbonyl (C=O) groups excluding carboxylic acids is 1. The lowest BCUT2D eigenvalue weighted by Crippen LogP contribution is -2.06. The Hall–Kier alpha value is -2.82. The van der Waals surface area contributed by atoms with Crippen molar-refractivity contribution in [2.24, 2.45) is 0 Å². The number of Topliss-reactive ketones (excluding diaryl/α,β-unsaturated/α-hetero) is 1. The summed E-state index contributed by atoms with van der Waals surface area (Å²) in [6, 6.07) is 12.7. The monoisotopic (exact) mass is 297 g/mol. The van der Waals surface area contributed by atoms with Gasteiger partial charge in [-0.05, 0) is 35.4 Å². The first kappa shape index (κ1) is 14.1. The Balaban J connectivity index is 1.73. The number of benzene rings is 2. The summed E-state index contributed by atoms with van der Waals surface area (Å²) >= 11 is 0. The molecule has 0 radical (unpaired) electrons. The standard InChI is InChI=1S/C17H15NO4/c1-21-14-4-2-3-11(9-14)7-13(19)8-12-5-6-15-16(10-12)22-17(20)18-15/h2-6,9-10H,7-8H2,1H3,(H,18,20). The molecule has 3 aromatic rings. The molecule has 0 spiro atoms. The second kappa shape index (κ2) is 5.89. The SMILES string of the molecule is COc1cccc(CC(=O)Cc2ccc3[nH]c(=O)oc3c2)c1. The lowest BCUT2D eigenvalue weighted by Gasteiger charge is -2.04. The van der Waals surface area contributed by atoms with Crippen molar-refractivity contribution in [3.63, 3.8) is 0 Å². The molecule has 0 amide bonds. The normalized spacial score (nSPS) is 10.8. The highest BCUT2D eigenvalue weighted by Gasteiger charge is 2.08. The van der Waals surface area contributed by atoms with E-state index >= 15 is 0 Å². The number of aromatic amines is 1. The lowest BCUT2D eigenvalue weighted by molar-refractivity contribution is -0.117. The van der Waals surface area contributed by atoms with E-state index in [1.54, 1.807) is 19.2 Å². The van der Waals surface area contributed by atoms with Gasteiger partial charge in [0, 0.05) is 12.8 Å². The van der Waals surface area contributed by atoms with Crippen molar-refractivity contribution >= 4 is 16.9 Å². The van der Waals surface area contributed by atoms with E-state index in [1.807, 2.05) is 30.3 Å². The number of rotatable bonds is 5. The molecule has 0 saturated carbocycles. The summed E-state index contributed by atoms with van der Waals surface area (Å²) in [5.41, 5.74) is 2.84. The maximum absolute atomic E-state index is 12.2. The first-order chi connectivity index (χ1) is 10.6. The molecule has 22 heavy (non-hydrogen) atoms. The predicted octanol–water partition coefficient (Wildman–Crippen LogP) is 2.48. The summed E-state index contributed by atoms with van der Waals surface area (Å²) in [5, 5.41) is 0. The summed E-state index contributed by atoms with van der Waals surface area (Å²) in [5.74, 6) is 0.334. The smallest absolute Gasteiger partial charge is 0.417 e. The van der Waals surface area contributed by atoms with Crippen molar-refractivity contribution < 1.29 is 13.9 Å². The molecule has 2 aromatic carbocycles. The highest BCUT2D eigenvalue weighted by atomic mass is 16.5. The number of fused-ring (bicyclic) bond motifs is 1. The molecular formula is C17H15NO4. The number of hydrogen-bond donors (Lipinski definition) is 1. The van der Waals surface area contributed by atoms with Crippen molar-refractivity contribution in [3.8, 4) is 5.75 Å². The van der Waals surface area contributed by atoms with Gasteiger partial charge in [-0.3, -0.25) is 9.78 Å². The molecule has 0 atom stereocenters. The number of hydrogen-bond acceptors (Lipinski definition) is 4. The molecule has 112 valence electrons. The fraction of sp³-hybridized carbons (Fsp3) is 0.176. The molecule has 0 aliphatic rings. The summed E-state index contributed by atoms with van der Waals surface area (Å²) in [6.45, 7) is 0. The number of H-pyrrole nitrogens is 1. The molecule has 1 aromatic heterocycles. The van der Waals surface area contributed by atoms with Gasteiger partial charge in [0.05, 0.1) is 12.6 Å². The molecule has 0 aliphatic heterocycles. The van der Waals surface area contributed by atoms with Crippen LogP contribution in [0.4, 0.5) is 0 Å². The summed E-state index contributed by atoms with van der Waals surface area (Å²) in [4.78, 5) is 25.9. The van der Waals surface area contributed by atoms with Crippen LogP contribution in [0.2, 0.25) is 0 Å². The third-order valence-electron chi connectivity index (χ3n) is 3.42. The Kier molecular flexibility index (Phi) is 3.78. The van der Waals surface area contributed by atoms with Gasteiger partial charge in [-0.25, -0.2) is 4.79 Å². The molecule has 5 nitrogen and oxygen atoms in total. The van der Waals surface area contributed by atoms with E-state index < -0.39 is 5.76 Å². The number of nitrogens with one attached hydrogen (secondary N) is 1. The second-order valence-electron chi connectivity index (χ2n) is 5.09. The van der Waals surface area contributed by atoms with E-state index in [-0.39, 0.29) is 5.78 Å². The number of carbonyl (C=O) groups is 1. The quantitative estimate of drug-likeness (QED) is 0.785. The van der Waals surface area contributed by atoms with E-state index in [2.05, 4.69) is 4.98 Å². The van der Waals surface area contributed by atoms with E-state index in [9.17, 15) is 9.59 Å². The Labute approximate surface area is 126 Å². The van der Waals surface area contributed by atoms with Crippen LogP contribution in [0.5, 0.6) is 5.75 Å². The van der Waals surface area contributed by atoms with Crippen LogP contribution in [0.15, 0.2) is 51.7 Å². The largest absolute Gasteiger partial charge is 0.497 e. The molecular weight excluding hydrogens is 282 g/mol. The topological polar surface area (TPSA) is 72.3 Å². The third-order valence-corrected chi connectivity index (χ3v) is 3.42. The van der Waals surface area contributed by atoms with E-state index in [0.29, 0.717) is 23.9 Å². The van der Waals surface area contributed by atoms with Gasteiger partial charge in [-0.15, -0.1) is 0 Å². The fourth-order valence-corrected chi connectivity index (χ4v) is 2.40. The van der Waals surface area contributed by atoms with Crippen LogP contribution in [0.3, 0.4) is 0 Å². The molecule has 0 fully saturated rings. The van der Waals surface area contributed by atoms with Gasteiger partial charge in [-0.1, -0.05) is 18.2 Å². The van der Waals surface area contributed by atoms with E-state index in [1.165, 1.54) is 0 Å². The zero-order valence-corrected chi connectivity index (χ0v) is 12.1. The summed E-state index contributed by atoms with van der Waals surface area (Å²) in [7, 11) is 1.60. The minimum absolute atomic E-state index is 0.0884. The predicted molar refractivity (Wildman–Crippen MR) is 82.2 cm³/mol. The van der Waals surface area contributed by atoms with Crippen LogP contribution in [0, 0.1) is 0 Å². The molecule has 5 heteroatoms. The second-order valence-corrected chi connectivity index (χ2v) is 5.09. The number of ketones is 1. The minimum Gasteiger partial charge on any atom is -0.497 e.